The van der Waals surface area contributed by atoms with Crippen molar-refractivity contribution in [2.75, 3.05) is 32.7 Å². The quantitative estimate of drug-likeness (QED) is 0.764. The lowest BCUT2D eigenvalue weighted by atomic mass is 9.86. The first-order valence-electron chi connectivity index (χ1n) is 7.12. The third-order valence-corrected chi connectivity index (χ3v) is 4.94. The molecule has 0 spiro atoms. The van der Waals surface area contributed by atoms with E-state index in [9.17, 15) is 8.78 Å². The van der Waals surface area contributed by atoms with Gasteiger partial charge in [0.25, 0.3) is 0 Å². The lowest BCUT2D eigenvalue weighted by Crippen LogP contribution is -2.36. The van der Waals surface area contributed by atoms with Crippen LogP contribution in [-0.2, 0) is 0 Å². The van der Waals surface area contributed by atoms with Crippen molar-refractivity contribution in [2.45, 2.75) is 31.6 Å². The summed E-state index contributed by atoms with van der Waals surface area (Å²) in [7, 11) is 0. The van der Waals surface area contributed by atoms with E-state index in [4.69, 9.17) is 5.84 Å². The number of hydrogen-bond acceptors (Lipinski definition) is 3. The molecule has 5 heteroatoms. The Hall–Kier alpha value is -0.260. The molecule has 3 fully saturated rings. The monoisotopic (exact) mass is 259 g/mol. The van der Waals surface area contributed by atoms with Crippen molar-refractivity contribution in [2.24, 2.45) is 23.6 Å². The highest BCUT2D eigenvalue weighted by Gasteiger charge is 2.41. The van der Waals surface area contributed by atoms with Gasteiger partial charge in [0.05, 0.1) is 0 Å². The van der Waals surface area contributed by atoms with E-state index in [1.165, 1.54) is 0 Å². The maximum absolute atomic E-state index is 13.1. The number of hydrazine groups is 1. The fourth-order valence-corrected chi connectivity index (χ4v) is 3.92. The summed E-state index contributed by atoms with van der Waals surface area (Å²) in [6.07, 6.45) is 1.58. The Balaban J connectivity index is 1.45. The van der Waals surface area contributed by atoms with Crippen LogP contribution in [0.5, 0.6) is 0 Å². The van der Waals surface area contributed by atoms with Crippen molar-refractivity contribution >= 4 is 0 Å². The first-order chi connectivity index (χ1) is 8.52. The predicted octanol–water partition coefficient (Wildman–Crippen LogP) is 1.55. The summed E-state index contributed by atoms with van der Waals surface area (Å²) >= 11 is 0. The van der Waals surface area contributed by atoms with Gasteiger partial charge in [0, 0.05) is 45.6 Å². The van der Waals surface area contributed by atoms with E-state index < -0.39 is 5.92 Å². The van der Waals surface area contributed by atoms with Crippen LogP contribution in [0, 0.1) is 17.8 Å². The minimum absolute atomic E-state index is 0.0922. The number of halogens is 2. The molecule has 1 saturated carbocycles. The van der Waals surface area contributed by atoms with Crippen LogP contribution in [-0.4, -0.2) is 48.6 Å². The number of nitrogens with zero attached hydrogens (tertiary/aromatic N) is 2. The van der Waals surface area contributed by atoms with Crippen molar-refractivity contribution in [3.8, 4) is 0 Å². The Morgan fingerprint density at radius 1 is 1.00 bits per heavy atom. The SMILES string of the molecule is NN1C[C@@H]2CN(CC3CCC(F)(F)CC3)C[C@@H]2C1. The Kier molecular flexibility index (Phi) is 3.32. The standard InChI is InChI=1S/C13H23F2N3/c14-13(15)3-1-10(2-4-13)5-17-6-11-8-18(16)9-12(11)7-17/h10-12H,1-9,16H2/t11-,12+. The van der Waals surface area contributed by atoms with Gasteiger partial charge >= 0.3 is 0 Å². The van der Waals surface area contributed by atoms with E-state index in [0.717, 1.165) is 32.7 Å². The van der Waals surface area contributed by atoms with Crippen molar-refractivity contribution in [1.29, 1.82) is 0 Å². The van der Waals surface area contributed by atoms with Gasteiger partial charge < -0.3 is 4.90 Å². The van der Waals surface area contributed by atoms with Gasteiger partial charge in [-0.05, 0) is 30.6 Å². The summed E-state index contributed by atoms with van der Waals surface area (Å²) in [6, 6.07) is 0. The van der Waals surface area contributed by atoms with Crippen LogP contribution < -0.4 is 5.84 Å². The molecular weight excluding hydrogens is 236 g/mol. The third-order valence-electron chi connectivity index (χ3n) is 4.94. The molecule has 2 aliphatic heterocycles. The molecule has 0 aromatic carbocycles. The minimum Gasteiger partial charge on any atom is -0.302 e. The molecular formula is C13H23F2N3. The van der Waals surface area contributed by atoms with Crippen LogP contribution in [0.3, 0.4) is 0 Å². The number of fused-ring (bicyclic) bond motifs is 1. The number of alkyl halides is 2. The second-order valence-corrected chi connectivity index (χ2v) is 6.49. The Labute approximate surface area is 107 Å². The summed E-state index contributed by atoms with van der Waals surface area (Å²) in [5, 5.41) is 1.92. The second kappa shape index (κ2) is 4.69. The maximum atomic E-state index is 13.1. The first kappa shape index (κ1) is 12.8. The van der Waals surface area contributed by atoms with Crippen LogP contribution in [0.2, 0.25) is 0 Å². The zero-order valence-corrected chi connectivity index (χ0v) is 10.8. The van der Waals surface area contributed by atoms with Gasteiger partial charge in [0.15, 0.2) is 0 Å². The molecule has 0 aromatic rings. The van der Waals surface area contributed by atoms with E-state index in [1.54, 1.807) is 0 Å². The minimum atomic E-state index is -2.39. The zero-order valence-electron chi connectivity index (χ0n) is 10.8. The second-order valence-electron chi connectivity index (χ2n) is 6.49. The van der Waals surface area contributed by atoms with Crippen LogP contribution in [0.25, 0.3) is 0 Å². The molecule has 0 unspecified atom stereocenters. The number of likely N-dealkylation sites (tertiary alicyclic amines) is 1. The average Bonchev–Trinajstić information content (AvgIpc) is 2.78. The van der Waals surface area contributed by atoms with E-state index in [2.05, 4.69) is 4.90 Å². The van der Waals surface area contributed by atoms with Crippen molar-refractivity contribution < 1.29 is 8.78 Å². The Bertz CT molecular complexity index is 287. The van der Waals surface area contributed by atoms with Gasteiger partial charge in [-0.2, -0.15) is 0 Å². The maximum Gasteiger partial charge on any atom is 0.248 e. The molecule has 2 atom stereocenters. The summed E-state index contributed by atoms with van der Waals surface area (Å²) in [6.45, 7) is 5.26. The fraction of sp³-hybridized carbons (Fsp3) is 1.00. The summed E-state index contributed by atoms with van der Waals surface area (Å²) in [5.41, 5.74) is 0. The molecule has 0 aromatic heterocycles. The molecule has 3 rings (SSSR count). The average molecular weight is 259 g/mol. The molecule has 0 amide bonds. The third kappa shape index (κ3) is 2.68. The normalized spacial score (nSPS) is 38.2. The van der Waals surface area contributed by atoms with Gasteiger partial charge in [-0.25, -0.2) is 13.8 Å². The zero-order chi connectivity index (χ0) is 12.8. The van der Waals surface area contributed by atoms with Crippen LogP contribution in [0.1, 0.15) is 25.7 Å². The molecule has 1 aliphatic carbocycles. The van der Waals surface area contributed by atoms with E-state index >= 15 is 0 Å². The predicted molar refractivity (Wildman–Crippen MR) is 66.1 cm³/mol. The summed E-state index contributed by atoms with van der Waals surface area (Å²) < 4.78 is 26.2. The first-order valence-corrected chi connectivity index (χ1v) is 7.12. The Morgan fingerprint density at radius 2 is 1.56 bits per heavy atom. The topological polar surface area (TPSA) is 32.5 Å². The van der Waals surface area contributed by atoms with Gasteiger partial charge in [-0.1, -0.05) is 0 Å². The lowest BCUT2D eigenvalue weighted by Gasteiger charge is -2.31. The molecule has 2 N–H and O–H groups in total. The molecule has 0 radical (unpaired) electrons. The highest BCUT2D eigenvalue weighted by atomic mass is 19.3. The van der Waals surface area contributed by atoms with Crippen LogP contribution in [0.15, 0.2) is 0 Å². The molecule has 2 heterocycles. The van der Waals surface area contributed by atoms with Gasteiger partial charge in [0.1, 0.15) is 0 Å². The highest BCUT2D eigenvalue weighted by Crippen LogP contribution is 2.37. The molecule has 104 valence electrons. The molecule has 3 aliphatic rings. The highest BCUT2D eigenvalue weighted by molar-refractivity contribution is 4.92. The van der Waals surface area contributed by atoms with Crippen molar-refractivity contribution in [1.82, 2.24) is 9.91 Å². The van der Waals surface area contributed by atoms with E-state index in [1.807, 2.05) is 5.01 Å². The summed E-state index contributed by atoms with van der Waals surface area (Å²) in [5.74, 6) is 5.33. The van der Waals surface area contributed by atoms with Crippen molar-refractivity contribution in [3.05, 3.63) is 0 Å². The largest absolute Gasteiger partial charge is 0.302 e. The van der Waals surface area contributed by atoms with Crippen LogP contribution >= 0.6 is 0 Å². The number of nitrogens with two attached hydrogens (primary N) is 1. The Morgan fingerprint density at radius 3 is 2.11 bits per heavy atom. The van der Waals surface area contributed by atoms with Gasteiger partial charge in [0.2, 0.25) is 5.92 Å². The van der Waals surface area contributed by atoms with Gasteiger partial charge in [-0.3, -0.25) is 5.84 Å². The summed E-state index contributed by atoms with van der Waals surface area (Å²) in [4.78, 5) is 2.48. The fourth-order valence-electron chi connectivity index (χ4n) is 3.92. The van der Waals surface area contributed by atoms with E-state index in [-0.39, 0.29) is 12.8 Å². The molecule has 3 nitrogen and oxygen atoms in total. The molecule has 2 saturated heterocycles. The lowest BCUT2D eigenvalue weighted by molar-refractivity contribution is -0.0485. The number of hydrogen-bond donors (Lipinski definition) is 1. The van der Waals surface area contributed by atoms with E-state index in [0.29, 0.717) is 30.6 Å². The molecule has 0 bridgehead atoms. The van der Waals surface area contributed by atoms with Gasteiger partial charge in [-0.15, -0.1) is 0 Å². The van der Waals surface area contributed by atoms with Crippen LogP contribution in [0.4, 0.5) is 8.78 Å². The smallest absolute Gasteiger partial charge is 0.248 e. The number of rotatable bonds is 2. The molecule has 18 heavy (non-hydrogen) atoms. The van der Waals surface area contributed by atoms with Crippen molar-refractivity contribution in [3.63, 3.8) is 0 Å².